The first-order valence-electron chi connectivity index (χ1n) is 11.5. The first kappa shape index (κ1) is 20.8. The lowest BCUT2D eigenvalue weighted by atomic mass is 10.0. The van der Waals surface area contributed by atoms with E-state index in [0.717, 1.165) is 37.3 Å². The third-order valence-corrected chi connectivity index (χ3v) is 6.34. The summed E-state index contributed by atoms with van der Waals surface area (Å²) in [6.07, 6.45) is 2.00. The van der Waals surface area contributed by atoms with Gasteiger partial charge in [0.15, 0.2) is 0 Å². The summed E-state index contributed by atoms with van der Waals surface area (Å²) in [6.45, 7) is 2.79. The molecule has 1 saturated heterocycles. The van der Waals surface area contributed by atoms with Crippen LogP contribution in [0.15, 0.2) is 59.1 Å². The van der Waals surface area contributed by atoms with Crippen molar-refractivity contribution in [3.8, 4) is 11.3 Å². The Morgan fingerprint density at radius 3 is 2.62 bits per heavy atom. The number of nitrogens with zero attached hydrogens (tertiary/aromatic N) is 3. The van der Waals surface area contributed by atoms with Crippen molar-refractivity contribution in [2.24, 2.45) is 0 Å². The van der Waals surface area contributed by atoms with Crippen molar-refractivity contribution in [1.82, 2.24) is 10.1 Å². The first-order valence-corrected chi connectivity index (χ1v) is 11.5. The number of morpholine rings is 1. The predicted octanol–water partition coefficient (Wildman–Crippen LogP) is 5.00. The minimum atomic E-state index is -0.416. The van der Waals surface area contributed by atoms with Crippen molar-refractivity contribution < 1.29 is 18.4 Å². The number of rotatable bonds is 5. The van der Waals surface area contributed by atoms with Crippen LogP contribution in [0.25, 0.3) is 22.4 Å². The maximum absolute atomic E-state index is 14.6. The van der Waals surface area contributed by atoms with Gasteiger partial charge in [0.2, 0.25) is 0 Å². The number of amides is 1. The third kappa shape index (κ3) is 3.80. The van der Waals surface area contributed by atoms with E-state index in [9.17, 15) is 9.18 Å². The highest BCUT2D eigenvalue weighted by Crippen LogP contribution is 2.44. The fourth-order valence-electron chi connectivity index (χ4n) is 4.44. The van der Waals surface area contributed by atoms with E-state index in [2.05, 4.69) is 20.4 Å². The average molecular weight is 458 g/mol. The molecule has 0 bridgehead atoms. The normalized spacial score (nSPS) is 16.1. The Morgan fingerprint density at radius 1 is 1.06 bits per heavy atom. The van der Waals surface area contributed by atoms with Gasteiger partial charge < -0.3 is 19.5 Å². The van der Waals surface area contributed by atoms with Gasteiger partial charge in [-0.05, 0) is 43.2 Å². The lowest BCUT2D eigenvalue weighted by Crippen LogP contribution is -2.36. The van der Waals surface area contributed by atoms with Gasteiger partial charge in [0.1, 0.15) is 5.82 Å². The summed E-state index contributed by atoms with van der Waals surface area (Å²) in [7, 11) is 0. The summed E-state index contributed by atoms with van der Waals surface area (Å²) in [4.78, 5) is 20.4. The highest BCUT2D eigenvalue weighted by atomic mass is 19.1. The van der Waals surface area contributed by atoms with Gasteiger partial charge in [0.25, 0.3) is 11.6 Å². The molecular formula is C26H23FN4O3. The average Bonchev–Trinajstić information content (AvgIpc) is 3.63. The number of pyridine rings is 1. The van der Waals surface area contributed by atoms with Gasteiger partial charge >= 0.3 is 0 Å². The summed E-state index contributed by atoms with van der Waals surface area (Å²) < 4.78 is 25.6. The maximum Gasteiger partial charge on any atom is 0.259 e. The zero-order valence-electron chi connectivity index (χ0n) is 18.5. The van der Waals surface area contributed by atoms with Gasteiger partial charge in [-0.2, -0.15) is 0 Å². The first-order chi connectivity index (χ1) is 16.7. The summed E-state index contributed by atoms with van der Waals surface area (Å²) in [5.41, 5.74) is 3.64. The van der Waals surface area contributed by atoms with E-state index >= 15 is 0 Å². The van der Waals surface area contributed by atoms with E-state index < -0.39 is 5.82 Å². The van der Waals surface area contributed by atoms with Crippen LogP contribution in [0.4, 0.5) is 15.8 Å². The molecule has 0 unspecified atom stereocenters. The zero-order chi connectivity index (χ0) is 23.1. The molecule has 0 atom stereocenters. The Morgan fingerprint density at radius 2 is 1.82 bits per heavy atom. The number of halogens is 1. The predicted molar refractivity (Wildman–Crippen MR) is 127 cm³/mol. The van der Waals surface area contributed by atoms with Crippen LogP contribution < -0.4 is 10.2 Å². The van der Waals surface area contributed by atoms with Crippen LogP contribution in [0.1, 0.15) is 34.8 Å². The van der Waals surface area contributed by atoms with Crippen molar-refractivity contribution in [1.29, 1.82) is 0 Å². The molecule has 34 heavy (non-hydrogen) atoms. The maximum atomic E-state index is 14.6. The molecule has 2 fully saturated rings. The molecule has 172 valence electrons. The zero-order valence-corrected chi connectivity index (χ0v) is 18.5. The Labute approximate surface area is 195 Å². The van der Waals surface area contributed by atoms with E-state index in [1.165, 1.54) is 6.07 Å². The van der Waals surface area contributed by atoms with Gasteiger partial charge in [0, 0.05) is 24.6 Å². The molecule has 1 saturated carbocycles. The second-order valence-corrected chi connectivity index (χ2v) is 8.63. The second kappa shape index (κ2) is 8.53. The number of fused-ring (bicyclic) bond motifs is 1. The Bertz CT molecular complexity index is 1380. The fourth-order valence-corrected chi connectivity index (χ4v) is 4.44. The van der Waals surface area contributed by atoms with E-state index in [-0.39, 0.29) is 17.5 Å². The molecule has 6 rings (SSSR count). The van der Waals surface area contributed by atoms with Crippen molar-refractivity contribution in [2.45, 2.75) is 18.8 Å². The summed E-state index contributed by atoms with van der Waals surface area (Å²) in [6, 6.07) is 15.7. The molecule has 2 aromatic carbocycles. The number of carbonyl (C=O) groups is 1. The van der Waals surface area contributed by atoms with Gasteiger partial charge in [-0.3, -0.25) is 4.79 Å². The van der Waals surface area contributed by atoms with Crippen molar-refractivity contribution in [3.05, 3.63) is 71.7 Å². The number of aromatic nitrogens is 2. The summed E-state index contributed by atoms with van der Waals surface area (Å²) >= 11 is 0. The van der Waals surface area contributed by atoms with Gasteiger partial charge in [0.05, 0.1) is 46.9 Å². The smallest absolute Gasteiger partial charge is 0.259 e. The number of hydrogen-bond donors (Lipinski definition) is 1. The number of para-hydroxylation sites is 2. The van der Waals surface area contributed by atoms with Crippen LogP contribution >= 0.6 is 0 Å². The number of benzene rings is 2. The molecule has 8 heteroatoms. The number of hydrogen-bond acceptors (Lipinski definition) is 6. The lowest BCUT2D eigenvalue weighted by molar-refractivity contribution is 0.102. The topological polar surface area (TPSA) is 80.5 Å². The SMILES string of the molecule is O=C(Nc1ccccc1N1CCOCC1)c1cc(-c2ccccc2F)nc2onc(C3CC3)c12. The Hall–Kier alpha value is -3.78. The molecule has 4 aromatic rings. The minimum Gasteiger partial charge on any atom is -0.378 e. The van der Waals surface area contributed by atoms with Crippen LogP contribution in [-0.2, 0) is 4.74 Å². The van der Waals surface area contributed by atoms with E-state index in [1.807, 2.05) is 24.3 Å². The van der Waals surface area contributed by atoms with Crippen molar-refractivity contribution in [3.63, 3.8) is 0 Å². The molecular weight excluding hydrogens is 435 g/mol. The van der Waals surface area contributed by atoms with E-state index in [4.69, 9.17) is 9.26 Å². The van der Waals surface area contributed by atoms with Crippen LogP contribution in [0.3, 0.4) is 0 Å². The quantitative estimate of drug-likeness (QED) is 0.454. The lowest BCUT2D eigenvalue weighted by Gasteiger charge is -2.30. The molecule has 1 N–H and O–H groups in total. The molecule has 7 nitrogen and oxygen atoms in total. The van der Waals surface area contributed by atoms with Gasteiger partial charge in [-0.25, -0.2) is 9.37 Å². The molecule has 1 aliphatic heterocycles. The molecule has 2 aromatic heterocycles. The van der Waals surface area contributed by atoms with Gasteiger partial charge in [-0.15, -0.1) is 0 Å². The highest BCUT2D eigenvalue weighted by molar-refractivity contribution is 6.14. The van der Waals surface area contributed by atoms with Crippen molar-refractivity contribution >= 4 is 28.4 Å². The largest absolute Gasteiger partial charge is 0.378 e. The Balaban J connectivity index is 1.43. The minimum absolute atomic E-state index is 0.245. The van der Waals surface area contributed by atoms with Crippen LogP contribution in [0.2, 0.25) is 0 Å². The fraction of sp³-hybridized carbons (Fsp3) is 0.269. The second-order valence-electron chi connectivity index (χ2n) is 8.63. The summed E-state index contributed by atoms with van der Waals surface area (Å²) in [5, 5.41) is 7.90. The van der Waals surface area contributed by atoms with Crippen molar-refractivity contribution in [2.75, 3.05) is 36.5 Å². The molecule has 1 aliphatic carbocycles. The standard InChI is InChI=1S/C26H23FN4O3/c27-19-6-2-1-5-17(19)21-15-18(23-24(16-9-10-16)30-34-26(23)29-21)25(32)28-20-7-3-4-8-22(20)31-11-13-33-14-12-31/h1-8,15-16H,9-14H2,(H,28,32). The monoisotopic (exact) mass is 458 g/mol. The van der Waals surface area contributed by atoms with E-state index in [0.29, 0.717) is 41.1 Å². The Kier molecular flexibility index (Phi) is 5.22. The summed E-state index contributed by atoms with van der Waals surface area (Å²) in [5.74, 6) is -0.467. The molecule has 0 spiro atoms. The highest BCUT2D eigenvalue weighted by Gasteiger charge is 2.32. The molecule has 0 radical (unpaired) electrons. The number of anilines is 2. The molecule has 2 aliphatic rings. The number of ether oxygens (including phenoxy) is 1. The van der Waals surface area contributed by atoms with Gasteiger partial charge in [-0.1, -0.05) is 29.4 Å². The number of carbonyl (C=O) groups excluding carboxylic acids is 1. The number of nitrogens with one attached hydrogen (secondary N) is 1. The van der Waals surface area contributed by atoms with Crippen LogP contribution in [-0.4, -0.2) is 42.4 Å². The van der Waals surface area contributed by atoms with Crippen LogP contribution in [0, 0.1) is 5.82 Å². The molecule has 1 amide bonds. The van der Waals surface area contributed by atoms with E-state index in [1.54, 1.807) is 24.3 Å². The third-order valence-electron chi connectivity index (χ3n) is 6.34. The van der Waals surface area contributed by atoms with Crippen LogP contribution in [0.5, 0.6) is 0 Å². The molecule has 3 heterocycles.